The minimum Gasteiger partial charge on any atom is -0.493 e. The van der Waals surface area contributed by atoms with Crippen LogP contribution in [0.15, 0.2) is 54.6 Å². The monoisotopic (exact) mass is 352 g/mol. The van der Waals surface area contributed by atoms with E-state index in [-0.39, 0.29) is 19.2 Å². The Bertz CT molecular complexity index is 736. The summed E-state index contributed by atoms with van der Waals surface area (Å²) in [4.78, 5) is 11.7. The quantitative estimate of drug-likeness (QED) is 0.567. The van der Waals surface area contributed by atoms with Crippen molar-refractivity contribution in [1.82, 2.24) is 10.6 Å². The van der Waals surface area contributed by atoms with Gasteiger partial charge in [0.25, 0.3) is 0 Å². The Morgan fingerprint density at radius 3 is 2.46 bits per heavy atom. The lowest BCUT2D eigenvalue weighted by Gasteiger charge is -2.07. The highest BCUT2D eigenvalue weighted by molar-refractivity contribution is 5.74. The average Bonchev–Trinajstić information content (AvgIpc) is 2.69. The van der Waals surface area contributed by atoms with Crippen LogP contribution in [0.4, 0.5) is 4.79 Å². The number of aryl methyl sites for hydroxylation is 1. The van der Waals surface area contributed by atoms with Gasteiger partial charge >= 0.3 is 6.03 Å². The van der Waals surface area contributed by atoms with Crippen LogP contribution in [0.2, 0.25) is 0 Å². The number of amides is 2. The fraction of sp³-hybridized carbons (Fsp3) is 0.286. The molecule has 0 spiro atoms. The van der Waals surface area contributed by atoms with E-state index in [2.05, 4.69) is 34.6 Å². The summed E-state index contributed by atoms with van der Waals surface area (Å²) in [6.45, 7) is 1.14. The molecular formula is C21H24N2O3. The smallest absolute Gasteiger partial charge is 0.315 e. The Hall–Kier alpha value is -3.13. The van der Waals surface area contributed by atoms with Crippen molar-refractivity contribution in [2.75, 3.05) is 26.8 Å². The van der Waals surface area contributed by atoms with Crippen molar-refractivity contribution in [2.24, 2.45) is 0 Å². The van der Waals surface area contributed by atoms with Crippen molar-refractivity contribution >= 4 is 6.03 Å². The second-order valence-corrected chi connectivity index (χ2v) is 5.49. The Morgan fingerprint density at radius 2 is 1.69 bits per heavy atom. The van der Waals surface area contributed by atoms with Gasteiger partial charge in [0, 0.05) is 6.54 Å². The van der Waals surface area contributed by atoms with Crippen LogP contribution in [0.5, 0.6) is 11.5 Å². The van der Waals surface area contributed by atoms with Crippen LogP contribution in [0.1, 0.15) is 12.0 Å². The first-order valence-electron chi connectivity index (χ1n) is 8.57. The van der Waals surface area contributed by atoms with Crippen molar-refractivity contribution in [3.63, 3.8) is 0 Å². The number of para-hydroxylation sites is 2. The number of hydrogen-bond acceptors (Lipinski definition) is 3. The first kappa shape index (κ1) is 19.2. The highest BCUT2D eigenvalue weighted by atomic mass is 16.5. The summed E-state index contributed by atoms with van der Waals surface area (Å²) in [6.07, 6.45) is 1.84. The van der Waals surface area contributed by atoms with Gasteiger partial charge in [-0.2, -0.15) is 0 Å². The third-order valence-corrected chi connectivity index (χ3v) is 3.60. The third kappa shape index (κ3) is 7.18. The second-order valence-electron chi connectivity index (χ2n) is 5.49. The Kier molecular flexibility index (Phi) is 8.44. The van der Waals surface area contributed by atoms with Gasteiger partial charge in [0.15, 0.2) is 11.5 Å². The number of benzene rings is 2. The van der Waals surface area contributed by atoms with E-state index in [4.69, 9.17) is 9.47 Å². The highest BCUT2D eigenvalue weighted by Crippen LogP contribution is 2.25. The molecule has 0 fully saturated rings. The number of carbonyl (C=O) groups is 1. The number of hydrogen-bond donors (Lipinski definition) is 2. The molecule has 0 saturated heterocycles. The SMILES string of the molecule is COc1ccccc1OCC#CCNC(=O)NCCCc1ccccc1. The Labute approximate surface area is 154 Å². The summed E-state index contributed by atoms with van der Waals surface area (Å²) in [7, 11) is 1.59. The molecule has 0 atom stereocenters. The first-order valence-corrected chi connectivity index (χ1v) is 8.57. The largest absolute Gasteiger partial charge is 0.493 e. The van der Waals surface area contributed by atoms with Gasteiger partial charge in [-0.15, -0.1) is 0 Å². The van der Waals surface area contributed by atoms with Crippen molar-refractivity contribution < 1.29 is 14.3 Å². The van der Waals surface area contributed by atoms with Gasteiger partial charge in [-0.3, -0.25) is 0 Å². The fourth-order valence-electron chi connectivity index (χ4n) is 2.29. The molecule has 2 aromatic carbocycles. The van der Waals surface area contributed by atoms with Gasteiger partial charge in [0.2, 0.25) is 0 Å². The molecule has 0 radical (unpaired) electrons. The Morgan fingerprint density at radius 1 is 0.962 bits per heavy atom. The van der Waals surface area contributed by atoms with Crippen LogP contribution in [-0.4, -0.2) is 32.8 Å². The molecule has 2 aromatic rings. The summed E-state index contributed by atoms with van der Waals surface area (Å²) in [5.41, 5.74) is 1.27. The van der Waals surface area contributed by atoms with Crippen LogP contribution in [0, 0.1) is 11.8 Å². The molecule has 0 aliphatic heterocycles. The van der Waals surface area contributed by atoms with E-state index in [0.29, 0.717) is 18.0 Å². The Balaban J connectivity index is 1.55. The number of ether oxygens (including phenoxy) is 2. The van der Waals surface area contributed by atoms with E-state index < -0.39 is 0 Å². The fourth-order valence-corrected chi connectivity index (χ4v) is 2.29. The molecule has 26 heavy (non-hydrogen) atoms. The van der Waals surface area contributed by atoms with E-state index in [1.165, 1.54) is 5.56 Å². The normalized spacial score (nSPS) is 9.58. The van der Waals surface area contributed by atoms with Gasteiger partial charge in [0.05, 0.1) is 13.7 Å². The molecule has 5 nitrogen and oxygen atoms in total. The molecule has 0 aromatic heterocycles. The molecule has 2 amide bonds. The molecule has 0 unspecified atom stereocenters. The standard InChI is InChI=1S/C21H24N2O3/c1-25-19-13-5-6-14-20(19)26-17-8-7-15-22-21(24)23-16-9-12-18-10-3-2-4-11-18/h2-6,10-11,13-14H,9,12,15-17H2,1H3,(H2,22,23,24). The van der Waals surface area contributed by atoms with Crippen LogP contribution in [0.25, 0.3) is 0 Å². The first-order chi connectivity index (χ1) is 12.8. The predicted molar refractivity (Wildman–Crippen MR) is 102 cm³/mol. The van der Waals surface area contributed by atoms with Gasteiger partial charge in [-0.25, -0.2) is 4.79 Å². The minimum atomic E-state index is -0.210. The zero-order valence-electron chi connectivity index (χ0n) is 15.0. The third-order valence-electron chi connectivity index (χ3n) is 3.60. The van der Waals surface area contributed by atoms with Crippen LogP contribution >= 0.6 is 0 Å². The summed E-state index contributed by atoms with van der Waals surface area (Å²) in [5, 5.41) is 5.52. The molecule has 0 aliphatic carbocycles. The van der Waals surface area contributed by atoms with E-state index >= 15 is 0 Å². The molecular weight excluding hydrogens is 328 g/mol. The molecule has 2 N–H and O–H groups in total. The molecule has 0 bridgehead atoms. The number of nitrogens with one attached hydrogen (secondary N) is 2. The van der Waals surface area contributed by atoms with E-state index in [9.17, 15) is 4.79 Å². The molecule has 0 heterocycles. The van der Waals surface area contributed by atoms with Crippen LogP contribution in [0.3, 0.4) is 0 Å². The maximum absolute atomic E-state index is 11.7. The highest BCUT2D eigenvalue weighted by Gasteiger charge is 2.00. The van der Waals surface area contributed by atoms with Gasteiger partial charge in [-0.1, -0.05) is 54.3 Å². The van der Waals surface area contributed by atoms with Crippen molar-refractivity contribution in [2.45, 2.75) is 12.8 Å². The summed E-state index contributed by atoms with van der Waals surface area (Å²) in [6, 6.07) is 17.4. The summed E-state index contributed by atoms with van der Waals surface area (Å²) in [5.74, 6) is 7.03. The van der Waals surface area contributed by atoms with E-state index in [1.807, 2.05) is 42.5 Å². The number of methoxy groups -OCH3 is 1. The molecule has 0 aliphatic rings. The predicted octanol–water partition coefficient (Wildman–Crippen LogP) is 3.01. The lowest BCUT2D eigenvalue weighted by Crippen LogP contribution is -2.36. The molecule has 136 valence electrons. The van der Waals surface area contributed by atoms with Gasteiger partial charge in [-0.05, 0) is 30.5 Å². The summed E-state index contributed by atoms with van der Waals surface area (Å²) < 4.78 is 10.7. The van der Waals surface area contributed by atoms with Gasteiger partial charge < -0.3 is 20.1 Å². The zero-order valence-corrected chi connectivity index (χ0v) is 15.0. The van der Waals surface area contributed by atoms with E-state index in [1.54, 1.807) is 7.11 Å². The zero-order chi connectivity index (χ0) is 18.5. The minimum absolute atomic E-state index is 0.210. The van der Waals surface area contributed by atoms with Crippen molar-refractivity contribution in [3.8, 4) is 23.3 Å². The topological polar surface area (TPSA) is 59.6 Å². The van der Waals surface area contributed by atoms with Crippen molar-refractivity contribution in [3.05, 3.63) is 60.2 Å². The number of carbonyl (C=O) groups excluding carboxylic acids is 1. The van der Waals surface area contributed by atoms with Crippen LogP contribution in [-0.2, 0) is 6.42 Å². The maximum Gasteiger partial charge on any atom is 0.315 e. The van der Waals surface area contributed by atoms with E-state index in [0.717, 1.165) is 12.8 Å². The molecule has 2 rings (SSSR count). The second kappa shape index (κ2) is 11.4. The molecule has 5 heteroatoms. The maximum atomic E-state index is 11.7. The lowest BCUT2D eigenvalue weighted by atomic mass is 10.1. The molecule has 0 saturated carbocycles. The van der Waals surface area contributed by atoms with Crippen LogP contribution < -0.4 is 20.1 Å². The lowest BCUT2D eigenvalue weighted by molar-refractivity contribution is 0.242. The van der Waals surface area contributed by atoms with Crippen molar-refractivity contribution in [1.29, 1.82) is 0 Å². The van der Waals surface area contributed by atoms with Gasteiger partial charge in [0.1, 0.15) is 6.61 Å². The summed E-state index contributed by atoms with van der Waals surface area (Å²) >= 11 is 0. The number of rotatable bonds is 8. The average molecular weight is 352 g/mol. The number of urea groups is 1.